The minimum absolute atomic E-state index is 0.00543. The van der Waals surface area contributed by atoms with Crippen molar-refractivity contribution in [2.75, 3.05) is 22.9 Å². The number of thioether (sulfide) groups is 1. The number of amides is 1. The number of aryl methyl sites for hydroxylation is 2. The van der Waals surface area contributed by atoms with Crippen molar-refractivity contribution in [3.05, 3.63) is 92.4 Å². The Morgan fingerprint density at radius 2 is 1.75 bits per heavy atom. The molecule has 0 spiro atoms. The van der Waals surface area contributed by atoms with Gasteiger partial charge in [-0.15, -0.1) is 10.2 Å². The molecular weight excluding hydrogens is 478 g/mol. The summed E-state index contributed by atoms with van der Waals surface area (Å²) in [5.74, 6) is 0.274. The predicted molar refractivity (Wildman–Crippen MR) is 141 cm³/mol. The molecule has 2 aromatic heterocycles. The van der Waals surface area contributed by atoms with E-state index in [1.54, 1.807) is 6.92 Å². The third kappa shape index (κ3) is 5.10. The van der Waals surface area contributed by atoms with Gasteiger partial charge in [0.25, 0.3) is 5.56 Å². The number of carbonyl (C=O) groups excluding carboxylic acids is 1. The van der Waals surface area contributed by atoms with E-state index in [2.05, 4.69) is 15.2 Å². The van der Waals surface area contributed by atoms with Crippen LogP contribution in [0, 0.1) is 13.8 Å². The monoisotopic (exact) mass is 505 g/mol. The van der Waals surface area contributed by atoms with Crippen molar-refractivity contribution in [1.82, 2.24) is 24.3 Å². The van der Waals surface area contributed by atoms with Gasteiger partial charge in [0.2, 0.25) is 5.91 Å². The summed E-state index contributed by atoms with van der Waals surface area (Å²) >= 11 is 1.21. The first-order valence-electron chi connectivity index (χ1n) is 11.4. The fraction of sp³-hybridized carbons (Fsp3) is 0.240. The highest BCUT2D eigenvalue weighted by Crippen LogP contribution is 2.24. The predicted octanol–water partition coefficient (Wildman–Crippen LogP) is 2.51. The molecule has 3 N–H and O–H groups in total. The molecule has 0 unspecified atom stereocenters. The Labute approximate surface area is 211 Å². The van der Waals surface area contributed by atoms with Gasteiger partial charge in [-0.05, 0) is 38.5 Å². The summed E-state index contributed by atoms with van der Waals surface area (Å²) in [4.78, 5) is 42.1. The van der Waals surface area contributed by atoms with Crippen molar-refractivity contribution in [3.8, 4) is 5.69 Å². The molecule has 0 aliphatic carbocycles. The van der Waals surface area contributed by atoms with E-state index in [4.69, 9.17) is 5.73 Å². The zero-order valence-corrected chi connectivity index (χ0v) is 21.1. The quantitative estimate of drug-likeness (QED) is 0.352. The minimum Gasteiger partial charge on any atom is -0.383 e. The van der Waals surface area contributed by atoms with Gasteiger partial charge in [-0.2, -0.15) is 0 Å². The molecule has 4 rings (SSSR count). The van der Waals surface area contributed by atoms with Crippen LogP contribution >= 0.6 is 11.8 Å². The minimum atomic E-state index is -0.708. The van der Waals surface area contributed by atoms with Crippen LogP contribution in [0.2, 0.25) is 0 Å². The smallest absolute Gasteiger partial charge is 0.330 e. The summed E-state index contributed by atoms with van der Waals surface area (Å²) in [5, 5.41) is 8.93. The van der Waals surface area contributed by atoms with Crippen molar-refractivity contribution in [3.63, 3.8) is 0 Å². The molecule has 0 saturated carbocycles. The van der Waals surface area contributed by atoms with E-state index >= 15 is 0 Å². The second kappa shape index (κ2) is 10.6. The van der Waals surface area contributed by atoms with E-state index in [9.17, 15) is 14.4 Å². The van der Waals surface area contributed by atoms with Gasteiger partial charge in [-0.3, -0.25) is 23.7 Å². The Balaban J connectivity index is 1.60. The SMILES string of the molecule is CCN(C(=O)CSc1nnc(C)n1-c1ccc(C)cc1)c1c(N)n(Cc2ccccc2)c(=O)[nH]c1=O. The molecule has 4 aromatic rings. The maximum Gasteiger partial charge on any atom is 0.330 e. The second-order valence-electron chi connectivity index (χ2n) is 8.19. The molecule has 10 nitrogen and oxygen atoms in total. The number of carbonyl (C=O) groups is 1. The van der Waals surface area contributed by atoms with Gasteiger partial charge in [0, 0.05) is 12.2 Å². The maximum atomic E-state index is 13.3. The third-order valence-corrected chi connectivity index (χ3v) is 6.61. The van der Waals surface area contributed by atoms with Crippen molar-refractivity contribution in [1.29, 1.82) is 0 Å². The van der Waals surface area contributed by atoms with Gasteiger partial charge >= 0.3 is 5.69 Å². The lowest BCUT2D eigenvalue weighted by Gasteiger charge is -2.23. The lowest BCUT2D eigenvalue weighted by molar-refractivity contribution is -0.116. The number of nitrogens with one attached hydrogen (secondary N) is 1. The molecule has 0 fully saturated rings. The van der Waals surface area contributed by atoms with E-state index in [0.717, 1.165) is 16.8 Å². The van der Waals surface area contributed by atoms with Crippen LogP contribution in [-0.4, -0.2) is 42.5 Å². The molecule has 2 heterocycles. The number of hydrogen-bond donors (Lipinski definition) is 2. The zero-order chi connectivity index (χ0) is 25.8. The first-order valence-corrected chi connectivity index (χ1v) is 12.4. The van der Waals surface area contributed by atoms with E-state index in [0.29, 0.717) is 11.0 Å². The summed E-state index contributed by atoms with van der Waals surface area (Å²) in [7, 11) is 0. The fourth-order valence-electron chi connectivity index (χ4n) is 3.85. The van der Waals surface area contributed by atoms with Crippen LogP contribution in [0.15, 0.2) is 69.3 Å². The van der Waals surface area contributed by atoms with Crippen LogP contribution in [-0.2, 0) is 11.3 Å². The average Bonchev–Trinajstić information content (AvgIpc) is 3.24. The average molecular weight is 506 g/mol. The normalized spacial score (nSPS) is 11.0. The standard InChI is InChI=1S/C25H27N7O3S/c1-4-30(21-22(26)31(24(35)27-23(21)34)14-18-8-6-5-7-9-18)20(33)15-36-25-29-28-17(3)32(25)19-12-10-16(2)11-13-19/h5-13H,4,14-15,26H2,1-3H3,(H,27,34,35). The van der Waals surface area contributed by atoms with Gasteiger partial charge in [0.15, 0.2) is 10.8 Å². The highest BCUT2D eigenvalue weighted by atomic mass is 32.2. The van der Waals surface area contributed by atoms with Gasteiger partial charge in [0.1, 0.15) is 11.6 Å². The lowest BCUT2D eigenvalue weighted by Crippen LogP contribution is -2.41. The number of nitrogens with zero attached hydrogens (tertiary/aromatic N) is 5. The number of hydrogen-bond acceptors (Lipinski definition) is 7. The number of H-pyrrole nitrogens is 1. The third-order valence-electron chi connectivity index (χ3n) is 5.70. The van der Waals surface area contributed by atoms with Gasteiger partial charge in [0.05, 0.1) is 12.3 Å². The molecule has 11 heteroatoms. The molecule has 0 atom stereocenters. The van der Waals surface area contributed by atoms with Crippen LogP contribution in [0.25, 0.3) is 5.69 Å². The topological polar surface area (TPSA) is 132 Å². The highest BCUT2D eigenvalue weighted by Gasteiger charge is 2.24. The molecule has 2 aromatic carbocycles. The Kier molecular flexibility index (Phi) is 7.39. The number of nitrogens with two attached hydrogens (primary N) is 1. The van der Waals surface area contributed by atoms with E-state index in [1.165, 1.54) is 21.2 Å². The van der Waals surface area contributed by atoms with Gasteiger partial charge in [-0.25, -0.2) is 4.79 Å². The van der Waals surface area contributed by atoms with Crippen LogP contribution in [0.4, 0.5) is 11.5 Å². The lowest BCUT2D eigenvalue weighted by atomic mass is 10.2. The number of nitrogen functional groups attached to an aromatic ring is 1. The molecule has 0 aliphatic rings. The second-order valence-corrected chi connectivity index (χ2v) is 9.13. The van der Waals surface area contributed by atoms with E-state index in [-0.39, 0.29) is 36.3 Å². The first-order chi connectivity index (χ1) is 17.3. The molecule has 186 valence electrons. The highest BCUT2D eigenvalue weighted by molar-refractivity contribution is 7.99. The van der Waals surface area contributed by atoms with Crippen LogP contribution in [0.5, 0.6) is 0 Å². The number of aromatic nitrogens is 5. The molecule has 1 amide bonds. The zero-order valence-electron chi connectivity index (χ0n) is 20.3. The van der Waals surface area contributed by atoms with Crippen molar-refractivity contribution in [2.45, 2.75) is 32.5 Å². The molecule has 0 saturated heterocycles. The Morgan fingerprint density at radius 3 is 2.42 bits per heavy atom. The van der Waals surface area contributed by atoms with Crippen molar-refractivity contribution < 1.29 is 4.79 Å². The Hall–Kier alpha value is -4.12. The summed E-state index contributed by atoms with van der Waals surface area (Å²) in [5.41, 5.74) is 7.75. The fourth-order valence-corrected chi connectivity index (χ4v) is 4.73. The summed E-state index contributed by atoms with van der Waals surface area (Å²) < 4.78 is 3.13. The Bertz CT molecular complexity index is 1490. The van der Waals surface area contributed by atoms with Gasteiger partial charge < -0.3 is 10.6 Å². The van der Waals surface area contributed by atoms with Crippen molar-refractivity contribution >= 4 is 29.2 Å². The molecular formula is C25H27N7O3S. The van der Waals surface area contributed by atoms with Crippen molar-refractivity contribution in [2.24, 2.45) is 0 Å². The number of rotatable bonds is 8. The van der Waals surface area contributed by atoms with Crippen LogP contribution < -0.4 is 21.9 Å². The summed E-state index contributed by atoms with van der Waals surface area (Å²) in [6.07, 6.45) is 0. The number of benzene rings is 2. The van der Waals surface area contributed by atoms with Crippen LogP contribution in [0.1, 0.15) is 23.9 Å². The number of anilines is 2. The van der Waals surface area contributed by atoms with Gasteiger partial charge in [-0.1, -0.05) is 59.8 Å². The number of aromatic amines is 1. The molecule has 0 bridgehead atoms. The summed E-state index contributed by atoms with van der Waals surface area (Å²) in [6.45, 7) is 5.95. The first kappa shape index (κ1) is 25.0. The molecule has 36 heavy (non-hydrogen) atoms. The largest absolute Gasteiger partial charge is 0.383 e. The van der Waals surface area contributed by atoms with Crippen LogP contribution in [0.3, 0.4) is 0 Å². The molecule has 0 aliphatic heterocycles. The molecule has 0 radical (unpaired) electrons. The Morgan fingerprint density at radius 1 is 1.06 bits per heavy atom. The summed E-state index contributed by atoms with van der Waals surface area (Å²) in [6, 6.07) is 17.2. The van der Waals surface area contributed by atoms with E-state index < -0.39 is 11.2 Å². The van der Waals surface area contributed by atoms with E-state index in [1.807, 2.05) is 73.0 Å². The maximum absolute atomic E-state index is 13.3.